The van der Waals surface area contributed by atoms with E-state index in [4.69, 9.17) is 14.2 Å². The molecule has 0 radical (unpaired) electrons. The molecule has 1 aliphatic heterocycles. The summed E-state index contributed by atoms with van der Waals surface area (Å²) in [6.07, 6.45) is 1.83. The molecule has 134 valence electrons. The second-order valence-corrected chi connectivity index (χ2v) is 5.69. The van der Waals surface area contributed by atoms with Crippen LogP contribution in [0.25, 0.3) is 6.08 Å². The van der Waals surface area contributed by atoms with Crippen molar-refractivity contribution in [1.82, 2.24) is 0 Å². The summed E-state index contributed by atoms with van der Waals surface area (Å²) in [6.45, 7) is 2.46. The van der Waals surface area contributed by atoms with Gasteiger partial charge in [-0.1, -0.05) is 6.07 Å². The Morgan fingerprint density at radius 3 is 2.50 bits per heavy atom. The lowest BCUT2D eigenvalue weighted by Gasteiger charge is -2.18. The van der Waals surface area contributed by atoms with E-state index in [1.807, 2.05) is 0 Å². The molecule has 0 saturated heterocycles. The first kappa shape index (κ1) is 17.7. The first-order valence-corrected chi connectivity index (χ1v) is 8.11. The number of rotatable bonds is 5. The molecule has 3 rings (SSSR count). The van der Waals surface area contributed by atoms with Crippen LogP contribution >= 0.6 is 0 Å². The van der Waals surface area contributed by atoms with Gasteiger partial charge in [-0.15, -0.1) is 0 Å². The minimum absolute atomic E-state index is 0.280. The SMILES string of the molecule is C[C@H](OC(=O)/C=C/c1ccc2c(c1)OCCO2)C(=O)c1ccc(F)cc1. The summed E-state index contributed by atoms with van der Waals surface area (Å²) in [5, 5.41) is 0. The van der Waals surface area contributed by atoms with Gasteiger partial charge < -0.3 is 14.2 Å². The average Bonchev–Trinajstić information content (AvgIpc) is 2.66. The minimum Gasteiger partial charge on any atom is -0.486 e. The monoisotopic (exact) mass is 356 g/mol. The molecule has 6 heteroatoms. The quantitative estimate of drug-likeness (QED) is 0.467. The molecule has 0 amide bonds. The Hall–Kier alpha value is -3.15. The molecule has 1 aliphatic rings. The molecule has 0 spiro atoms. The number of halogens is 1. The maximum atomic E-state index is 12.9. The molecular formula is C20H17FO5. The highest BCUT2D eigenvalue weighted by molar-refractivity contribution is 6.01. The summed E-state index contributed by atoms with van der Waals surface area (Å²) in [6, 6.07) is 10.4. The zero-order valence-corrected chi connectivity index (χ0v) is 14.1. The van der Waals surface area contributed by atoms with Crippen LogP contribution in [0, 0.1) is 5.82 Å². The summed E-state index contributed by atoms with van der Waals surface area (Å²) in [5.74, 6) is -0.205. The molecule has 1 heterocycles. The Kier molecular flexibility index (Phi) is 5.31. The Balaban J connectivity index is 1.60. The lowest BCUT2D eigenvalue weighted by Crippen LogP contribution is -2.23. The van der Waals surface area contributed by atoms with Crippen LogP contribution in [-0.4, -0.2) is 31.1 Å². The van der Waals surface area contributed by atoms with Gasteiger partial charge in [0.25, 0.3) is 0 Å². The number of fused-ring (bicyclic) bond motifs is 1. The first-order valence-electron chi connectivity index (χ1n) is 8.11. The highest BCUT2D eigenvalue weighted by Crippen LogP contribution is 2.31. The van der Waals surface area contributed by atoms with Crippen molar-refractivity contribution in [3.05, 3.63) is 65.5 Å². The molecular weight excluding hydrogens is 339 g/mol. The maximum Gasteiger partial charge on any atom is 0.331 e. The van der Waals surface area contributed by atoms with E-state index in [0.717, 1.165) is 5.56 Å². The number of hydrogen-bond acceptors (Lipinski definition) is 5. The van der Waals surface area contributed by atoms with Crippen LogP contribution in [0.2, 0.25) is 0 Å². The Bertz CT molecular complexity index is 842. The Morgan fingerprint density at radius 1 is 1.08 bits per heavy atom. The summed E-state index contributed by atoms with van der Waals surface area (Å²) in [4.78, 5) is 24.1. The van der Waals surface area contributed by atoms with Crippen molar-refractivity contribution in [3.63, 3.8) is 0 Å². The van der Waals surface area contributed by atoms with Crippen molar-refractivity contribution in [2.45, 2.75) is 13.0 Å². The largest absolute Gasteiger partial charge is 0.486 e. The highest BCUT2D eigenvalue weighted by atomic mass is 19.1. The molecule has 0 N–H and O–H groups in total. The van der Waals surface area contributed by atoms with E-state index in [0.29, 0.717) is 24.7 Å². The second-order valence-electron chi connectivity index (χ2n) is 5.69. The predicted octanol–water partition coefficient (Wildman–Crippen LogP) is 3.42. The van der Waals surface area contributed by atoms with Gasteiger partial charge >= 0.3 is 5.97 Å². The fourth-order valence-corrected chi connectivity index (χ4v) is 2.44. The molecule has 0 saturated carbocycles. The third-order valence-corrected chi connectivity index (χ3v) is 3.77. The normalized spacial score (nSPS) is 14.1. The van der Waals surface area contributed by atoms with Gasteiger partial charge in [0.05, 0.1) is 0 Å². The zero-order valence-electron chi connectivity index (χ0n) is 14.1. The molecule has 0 aliphatic carbocycles. The van der Waals surface area contributed by atoms with E-state index in [1.54, 1.807) is 24.3 Å². The number of carbonyl (C=O) groups is 2. The summed E-state index contributed by atoms with van der Waals surface area (Å²) in [7, 11) is 0. The molecule has 0 fully saturated rings. The van der Waals surface area contributed by atoms with Crippen LogP contribution in [0.5, 0.6) is 11.5 Å². The van der Waals surface area contributed by atoms with Crippen LogP contribution in [0.1, 0.15) is 22.8 Å². The zero-order chi connectivity index (χ0) is 18.5. The van der Waals surface area contributed by atoms with Gasteiger partial charge in [0.2, 0.25) is 5.78 Å². The molecule has 0 bridgehead atoms. The molecule has 2 aromatic carbocycles. The lowest BCUT2D eigenvalue weighted by atomic mass is 10.1. The minimum atomic E-state index is -0.974. The van der Waals surface area contributed by atoms with Crippen molar-refractivity contribution in [3.8, 4) is 11.5 Å². The number of ether oxygens (including phenoxy) is 3. The Labute approximate surface area is 150 Å². The van der Waals surface area contributed by atoms with Crippen LogP contribution in [0.3, 0.4) is 0 Å². The van der Waals surface area contributed by atoms with Gasteiger partial charge in [-0.05, 0) is 55.0 Å². The third-order valence-electron chi connectivity index (χ3n) is 3.77. The second kappa shape index (κ2) is 7.82. The van der Waals surface area contributed by atoms with E-state index in [9.17, 15) is 14.0 Å². The first-order chi connectivity index (χ1) is 12.5. The lowest BCUT2D eigenvalue weighted by molar-refractivity contribution is -0.140. The van der Waals surface area contributed by atoms with E-state index in [1.165, 1.54) is 37.3 Å². The van der Waals surface area contributed by atoms with E-state index >= 15 is 0 Å². The smallest absolute Gasteiger partial charge is 0.331 e. The third kappa shape index (κ3) is 4.27. The summed E-state index contributed by atoms with van der Waals surface area (Å²) < 4.78 is 28.9. The number of carbonyl (C=O) groups excluding carboxylic acids is 2. The number of esters is 1. The number of Topliss-reactive ketones (excluding diaryl/α,β-unsaturated/α-hetero) is 1. The van der Waals surface area contributed by atoms with Crippen LogP contribution in [0.15, 0.2) is 48.5 Å². The predicted molar refractivity (Wildman–Crippen MR) is 92.8 cm³/mol. The Morgan fingerprint density at radius 2 is 1.77 bits per heavy atom. The summed E-state index contributed by atoms with van der Waals surface area (Å²) >= 11 is 0. The summed E-state index contributed by atoms with van der Waals surface area (Å²) in [5.41, 5.74) is 1.02. The van der Waals surface area contributed by atoms with Gasteiger partial charge in [-0.3, -0.25) is 4.79 Å². The van der Waals surface area contributed by atoms with Crippen molar-refractivity contribution < 1.29 is 28.2 Å². The van der Waals surface area contributed by atoms with Gasteiger partial charge in [-0.2, -0.15) is 0 Å². The van der Waals surface area contributed by atoms with Gasteiger partial charge in [-0.25, -0.2) is 9.18 Å². The number of ketones is 1. The molecule has 2 aromatic rings. The van der Waals surface area contributed by atoms with Gasteiger partial charge in [0.15, 0.2) is 17.6 Å². The fraction of sp³-hybridized carbons (Fsp3) is 0.200. The van der Waals surface area contributed by atoms with E-state index in [-0.39, 0.29) is 5.56 Å². The standard InChI is InChI=1S/C20H17FO5/c1-13(20(23)15-4-6-16(21)7-5-15)26-19(22)9-3-14-2-8-17-18(12-14)25-11-10-24-17/h2-9,12-13H,10-11H2,1H3/b9-3+/t13-/m0/s1. The van der Waals surface area contributed by atoms with Gasteiger partial charge in [0, 0.05) is 11.6 Å². The molecule has 26 heavy (non-hydrogen) atoms. The van der Waals surface area contributed by atoms with Crippen LogP contribution in [-0.2, 0) is 9.53 Å². The van der Waals surface area contributed by atoms with E-state index < -0.39 is 23.7 Å². The topological polar surface area (TPSA) is 61.8 Å². The number of hydrogen-bond donors (Lipinski definition) is 0. The van der Waals surface area contributed by atoms with Crippen molar-refractivity contribution in [1.29, 1.82) is 0 Å². The number of benzene rings is 2. The fourth-order valence-electron chi connectivity index (χ4n) is 2.44. The van der Waals surface area contributed by atoms with Crippen LogP contribution in [0.4, 0.5) is 4.39 Å². The molecule has 5 nitrogen and oxygen atoms in total. The van der Waals surface area contributed by atoms with E-state index in [2.05, 4.69) is 0 Å². The highest BCUT2D eigenvalue weighted by Gasteiger charge is 2.18. The van der Waals surface area contributed by atoms with Crippen molar-refractivity contribution in [2.75, 3.05) is 13.2 Å². The van der Waals surface area contributed by atoms with Crippen molar-refractivity contribution >= 4 is 17.8 Å². The molecule has 0 unspecified atom stereocenters. The average molecular weight is 356 g/mol. The van der Waals surface area contributed by atoms with Crippen LogP contribution < -0.4 is 9.47 Å². The molecule has 1 atom stereocenters. The van der Waals surface area contributed by atoms with Crippen molar-refractivity contribution in [2.24, 2.45) is 0 Å². The maximum absolute atomic E-state index is 12.9. The molecule has 0 aromatic heterocycles. The van der Waals surface area contributed by atoms with Gasteiger partial charge in [0.1, 0.15) is 19.0 Å².